The lowest BCUT2D eigenvalue weighted by atomic mass is 9.90. The number of nitrogens with two attached hydrogens (primary N) is 1. The molecule has 1 fully saturated rings. The van der Waals surface area contributed by atoms with Gasteiger partial charge in [0.05, 0.1) is 12.2 Å². The van der Waals surface area contributed by atoms with Crippen LogP contribution in [0.25, 0.3) is 0 Å². The summed E-state index contributed by atoms with van der Waals surface area (Å²) in [4.78, 5) is 33.1. The molecule has 1 unspecified atom stereocenters. The summed E-state index contributed by atoms with van der Waals surface area (Å²) in [5.74, 6) is -0.0194. The van der Waals surface area contributed by atoms with Crippen molar-refractivity contribution >= 4 is 46.7 Å². The molecule has 0 radical (unpaired) electrons. The number of guanidine groups is 1. The van der Waals surface area contributed by atoms with Crippen molar-refractivity contribution in [3.05, 3.63) is 63.6 Å². The lowest BCUT2D eigenvalue weighted by molar-refractivity contribution is -0.124. The van der Waals surface area contributed by atoms with Gasteiger partial charge in [0.2, 0.25) is 11.9 Å². The molecule has 28 heavy (non-hydrogen) atoms. The Morgan fingerprint density at radius 2 is 1.93 bits per heavy atom. The normalized spacial score (nSPS) is 21.1. The highest BCUT2D eigenvalue weighted by Gasteiger charge is 2.54. The second-order valence-electron chi connectivity index (χ2n) is 7.12. The molecule has 1 atom stereocenters. The van der Waals surface area contributed by atoms with Crippen LogP contribution in [0.15, 0.2) is 47.5 Å². The summed E-state index contributed by atoms with van der Waals surface area (Å²) in [6.45, 7) is 3.13. The van der Waals surface area contributed by atoms with E-state index in [0.29, 0.717) is 46.8 Å². The maximum atomic E-state index is 13.5. The number of halogens is 2. The van der Waals surface area contributed by atoms with Crippen LogP contribution in [0.4, 0.5) is 5.69 Å². The number of nitrogens with zero attached hydrogens (tertiary/aromatic N) is 3. The Balaban J connectivity index is 1.74. The number of hydrogen-bond donors (Lipinski definition) is 1. The van der Waals surface area contributed by atoms with Crippen molar-refractivity contribution in [1.82, 2.24) is 4.90 Å². The molecule has 1 saturated heterocycles. The number of carbonyl (C=O) groups is 2. The zero-order valence-corrected chi connectivity index (χ0v) is 16.7. The summed E-state index contributed by atoms with van der Waals surface area (Å²) in [5, 5.41) is 0.895. The summed E-state index contributed by atoms with van der Waals surface area (Å²) < 4.78 is 0. The molecule has 0 saturated carbocycles. The molecule has 0 bridgehead atoms. The molecule has 2 heterocycles. The largest absolute Gasteiger partial charge is 0.366 e. The fourth-order valence-corrected chi connectivity index (χ4v) is 4.36. The van der Waals surface area contributed by atoms with E-state index in [1.807, 2.05) is 17.9 Å². The first-order chi connectivity index (χ1) is 13.3. The van der Waals surface area contributed by atoms with Gasteiger partial charge < -0.3 is 10.6 Å². The van der Waals surface area contributed by atoms with E-state index in [0.717, 1.165) is 5.56 Å². The van der Waals surface area contributed by atoms with Gasteiger partial charge in [-0.15, -0.1) is 0 Å². The van der Waals surface area contributed by atoms with Crippen LogP contribution in [0.1, 0.15) is 22.8 Å². The highest BCUT2D eigenvalue weighted by molar-refractivity contribution is 6.36. The van der Waals surface area contributed by atoms with E-state index in [1.165, 1.54) is 0 Å². The summed E-state index contributed by atoms with van der Waals surface area (Å²) in [6.07, 6.45) is 0.413. The highest BCUT2D eigenvalue weighted by atomic mass is 35.5. The molecule has 4 rings (SSSR count). The minimum Gasteiger partial charge on any atom is -0.366 e. The highest BCUT2D eigenvalue weighted by Crippen LogP contribution is 2.38. The molecule has 2 aromatic rings. The van der Waals surface area contributed by atoms with Gasteiger partial charge in [0.1, 0.15) is 5.54 Å². The average molecular weight is 417 g/mol. The minimum atomic E-state index is -0.847. The Bertz CT molecular complexity index is 1000. The van der Waals surface area contributed by atoms with Crippen molar-refractivity contribution in [2.45, 2.75) is 18.9 Å². The van der Waals surface area contributed by atoms with Gasteiger partial charge in [0, 0.05) is 28.6 Å². The molecular formula is C20H18Cl2N4O2. The number of aliphatic imine (C=N–C) groups is 1. The Morgan fingerprint density at radius 1 is 1.21 bits per heavy atom. The predicted molar refractivity (Wildman–Crippen MR) is 110 cm³/mol. The molecule has 8 heteroatoms. The summed E-state index contributed by atoms with van der Waals surface area (Å²) in [5.41, 5.74) is 6.40. The molecule has 2 aromatic carbocycles. The topological polar surface area (TPSA) is 79.0 Å². The van der Waals surface area contributed by atoms with Gasteiger partial charge in [0.25, 0.3) is 5.91 Å². The maximum absolute atomic E-state index is 13.5. The fourth-order valence-electron chi connectivity index (χ4n) is 3.85. The van der Waals surface area contributed by atoms with E-state index in [-0.39, 0.29) is 5.91 Å². The molecule has 6 nitrogen and oxygen atoms in total. The number of anilines is 1. The lowest BCUT2D eigenvalue weighted by Crippen LogP contribution is -2.48. The molecule has 2 aliphatic rings. The van der Waals surface area contributed by atoms with Crippen LogP contribution in [0.5, 0.6) is 0 Å². The van der Waals surface area contributed by atoms with E-state index in [2.05, 4.69) is 4.99 Å². The average Bonchev–Trinajstić information content (AvgIpc) is 3.17. The fraction of sp³-hybridized carbons (Fsp3) is 0.250. The quantitative estimate of drug-likeness (QED) is 0.831. The second-order valence-corrected chi connectivity index (χ2v) is 7.99. The first-order valence-corrected chi connectivity index (χ1v) is 9.57. The smallest absolute Gasteiger partial charge is 0.259 e. The number of benzene rings is 2. The number of hydrogen-bond acceptors (Lipinski definition) is 4. The van der Waals surface area contributed by atoms with Crippen LogP contribution in [0, 0.1) is 0 Å². The standard InChI is InChI=1S/C20H18Cl2N4O2/c1-20(11-12-3-2-4-13(7-12)17(23)27)18(28)26(19-24-5-6-25(19)20)16-9-14(21)8-15(22)10-16/h2-4,7-10H,5-6,11H2,1H3,(H2,23,27). The van der Waals surface area contributed by atoms with Crippen molar-refractivity contribution in [2.75, 3.05) is 18.0 Å². The second kappa shape index (κ2) is 6.79. The van der Waals surface area contributed by atoms with E-state index in [4.69, 9.17) is 28.9 Å². The summed E-state index contributed by atoms with van der Waals surface area (Å²) >= 11 is 12.3. The molecule has 2 N–H and O–H groups in total. The molecule has 2 amide bonds. The summed E-state index contributed by atoms with van der Waals surface area (Å²) in [7, 11) is 0. The molecule has 2 aliphatic heterocycles. The zero-order valence-electron chi connectivity index (χ0n) is 15.2. The van der Waals surface area contributed by atoms with Gasteiger partial charge in [-0.25, -0.2) is 4.90 Å². The van der Waals surface area contributed by atoms with Gasteiger partial charge >= 0.3 is 0 Å². The van der Waals surface area contributed by atoms with Crippen molar-refractivity contribution in [1.29, 1.82) is 0 Å². The molecule has 0 aliphatic carbocycles. The molecule has 144 valence electrons. The maximum Gasteiger partial charge on any atom is 0.259 e. The third kappa shape index (κ3) is 3.02. The van der Waals surface area contributed by atoms with Crippen molar-refractivity contribution in [2.24, 2.45) is 10.7 Å². The SMILES string of the molecule is CC1(Cc2cccc(C(N)=O)c2)C(=O)N(c2cc(Cl)cc(Cl)c2)C2=NCCN21. The van der Waals surface area contributed by atoms with E-state index < -0.39 is 11.4 Å². The minimum absolute atomic E-state index is 0.117. The van der Waals surface area contributed by atoms with Gasteiger partial charge in [-0.2, -0.15) is 0 Å². The summed E-state index contributed by atoms with van der Waals surface area (Å²) in [6, 6.07) is 12.1. The van der Waals surface area contributed by atoms with E-state index in [1.54, 1.807) is 41.3 Å². The first-order valence-electron chi connectivity index (χ1n) is 8.81. The van der Waals surface area contributed by atoms with Crippen molar-refractivity contribution in [3.8, 4) is 0 Å². The number of amides is 2. The van der Waals surface area contributed by atoms with Crippen LogP contribution in [0.3, 0.4) is 0 Å². The van der Waals surface area contributed by atoms with Crippen LogP contribution in [0.2, 0.25) is 10.0 Å². The Hall–Kier alpha value is -2.57. The molecular weight excluding hydrogens is 399 g/mol. The third-order valence-electron chi connectivity index (χ3n) is 5.14. The van der Waals surface area contributed by atoms with Crippen LogP contribution < -0.4 is 10.6 Å². The lowest BCUT2D eigenvalue weighted by Gasteiger charge is -2.30. The van der Waals surface area contributed by atoms with Crippen molar-refractivity contribution in [3.63, 3.8) is 0 Å². The van der Waals surface area contributed by atoms with Gasteiger partial charge in [-0.1, -0.05) is 35.3 Å². The molecule has 0 aromatic heterocycles. The zero-order chi connectivity index (χ0) is 20.1. The Labute approximate surface area is 172 Å². The van der Waals surface area contributed by atoms with Gasteiger partial charge in [0.15, 0.2) is 0 Å². The van der Waals surface area contributed by atoms with E-state index >= 15 is 0 Å². The van der Waals surface area contributed by atoms with Crippen molar-refractivity contribution < 1.29 is 9.59 Å². The number of carbonyl (C=O) groups excluding carboxylic acids is 2. The number of rotatable bonds is 4. The van der Waals surface area contributed by atoms with Crippen LogP contribution in [-0.4, -0.2) is 41.3 Å². The number of primary amides is 1. The first kappa shape index (κ1) is 18.8. The van der Waals surface area contributed by atoms with E-state index in [9.17, 15) is 9.59 Å². The Morgan fingerprint density at radius 3 is 2.61 bits per heavy atom. The van der Waals surface area contributed by atoms with Crippen LogP contribution >= 0.6 is 23.2 Å². The monoisotopic (exact) mass is 416 g/mol. The number of fused-ring (bicyclic) bond motifs is 1. The predicted octanol–water partition coefficient (Wildman–Crippen LogP) is 3.11. The van der Waals surface area contributed by atoms with Gasteiger partial charge in [-0.3, -0.25) is 14.6 Å². The van der Waals surface area contributed by atoms with Gasteiger partial charge in [-0.05, 0) is 42.8 Å². The van der Waals surface area contributed by atoms with Crippen LogP contribution in [-0.2, 0) is 11.2 Å². The third-order valence-corrected chi connectivity index (χ3v) is 5.58. The molecule has 0 spiro atoms. The Kier molecular flexibility index (Phi) is 4.56.